The standard InChI is InChI=1S/C15H16ClN3S/c1-8(2)19-13-11(16)5-4-6-12(13)18-15(19)10-7-9(3)20-14(10)17/h4-8H,17H2,1-3H3. The first-order chi connectivity index (χ1) is 9.49. The quantitative estimate of drug-likeness (QED) is 0.732. The van der Waals surface area contributed by atoms with Crippen LogP contribution in [0.25, 0.3) is 22.4 Å². The van der Waals surface area contributed by atoms with Gasteiger partial charge in [-0.25, -0.2) is 4.98 Å². The number of imidazole rings is 1. The van der Waals surface area contributed by atoms with Gasteiger partial charge in [-0.15, -0.1) is 11.3 Å². The van der Waals surface area contributed by atoms with Gasteiger partial charge in [0.15, 0.2) is 0 Å². The molecule has 3 rings (SSSR count). The lowest BCUT2D eigenvalue weighted by Crippen LogP contribution is -2.03. The van der Waals surface area contributed by atoms with E-state index in [9.17, 15) is 0 Å². The van der Waals surface area contributed by atoms with E-state index in [4.69, 9.17) is 22.3 Å². The van der Waals surface area contributed by atoms with E-state index in [1.165, 1.54) is 4.88 Å². The predicted octanol–water partition coefficient (Wildman–Crippen LogP) is 4.89. The maximum Gasteiger partial charge on any atom is 0.144 e. The molecule has 0 unspecified atom stereocenters. The Morgan fingerprint density at radius 1 is 1.35 bits per heavy atom. The van der Waals surface area contributed by atoms with Crippen molar-refractivity contribution in [3.63, 3.8) is 0 Å². The van der Waals surface area contributed by atoms with Gasteiger partial charge in [0.05, 0.1) is 26.6 Å². The summed E-state index contributed by atoms with van der Waals surface area (Å²) in [5.41, 5.74) is 9.01. The molecule has 0 aliphatic heterocycles. The number of hydrogen-bond donors (Lipinski definition) is 1. The molecule has 2 aromatic heterocycles. The Kier molecular flexibility index (Phi) is 3.22. The molecule has 0 spiro atoms. The van der Waals surface area contributed by atoms with Crippen LogP contribution in [0.2, 0.25) is 5.02 Å². The fourth-order valence-electron chi connectivity index (χ4n) is 2.51. The van der Waals surface area contributed by atoms with Crippen LogP contribution in [-0.4, -0.2) is 9.55 Å². The van der Waals surface area contributed by atoms with Crippen molar-refractivity contribution >= 4 is 39.0 Å². The largest absolute Gasteiger partial charge is 0.390 e. The van der Waals surface area contributed by atoms with Gasteiger partial charge in [0.25, 0.3) is 0 Å². The van der Waals surface area contributed by atoms with E-state index in [0.29, 0.717) is 0 Å². The molecule has 3 nitrogen and oxygen atoms in total. The fourth-order valence-corrected chi connectivity index (χ4v) is 3.55. The van der Waals surface area contributed by atoms with Crippen molar-refractivity contribution in [1.29, 1.82) is 0 Å². The zero-order valence-electron chi connectivity index (χ0n) is 11.6. The number of halogens is 1. The van der Waals surface area contributed by atoms with Gasteiger partial charge in [-0.05, 0) is 39.0 Å². The Hall–Kier alpha value is -1.52. The van der Waals surface area contributed by atoms with Crippen molar-refractivity contribution in [3.05, 3.63) is 34.2 Å². The zero-order chi connectivity index (χ0) is 14.4. The van der Waals surface area contributed by atoms with E-state index in [-0.39, 0.29) is 6.04 Å². The summed E-state index contributed by atoms with van der Waals surface area (Å²) in [6.45, 7) is 6.31. The Labute approximate surface area is 127 Å². The van der Waals surface area contributed by atoms with Gasteiger partial charge in [-0.3, -0.25) is 0 Å². The van der Waals surface area contributed by atoms with Crippen LogP contribution in [0.3, 0.4) is 0 Å². The molecule has 104 valence electrons. The van der Waals surface area contributed by atoms with Crippen molar-refractivity contribution in [3.8, 4) is 11.4 Å². The summed E-state index contributed by atoms with van der Waals surface area (Å²) >= 11 is 7.95. The van der Waals surface area contributed by atoms with Crippen molar-refractivity contribution in [2.24, 2.45) is 0 Å². The van der Waals surface area contributed by atoms with Crippen molar-refractivity contribution in [2.75, 3.05) is 5.73 Å². The molecule has 3 aromatic rings. The van der Waals surface area contributed by atoms with E-state index < -0.39 is 0 Å². The summed E-state index contributed by atoms with van der Waals surface area (Å²) in [7, 11) is 0. The topological polar surface area (TPSA) is 43.8 Å². The summed E-state index contributed by atoms with van der Waals surface area (Å²) in [6.07, 6.45) is 0. The third-order valence-electron chi connectivity index (χ3n) is 3.30. The monoisotopic (exact) mass is 305 g/mol. The van der Waals surface area contributed by atoms with Gasteiger partial charge in [0, 0.05) is 10.9 Å². The molecule has 1 aromatic carbocycles. The maximum absolute atomic E-state index is 6.36. The molecule has 0 saturated heterocycles. The molecular weight excluding hydrogens is 290 g/mol. The van der Waals surface area contributed by atoms with Crippen LogP contribution in [0, 0.1) is 6.92 Å². The summed E-state index contributed by atoms with van der Waals surface area (Å²) in [5, 5.41) is 1.52. The molecule has 0 aliphatic rings. The van der Waals surface area contributed by atoms with Crippen LogP contribution in [0.1, 0.15) is 24.8 Å². The van der Waals surface area contributed by atoms with Crippen LogP contribution in [0.4, 0.5) is 5.00 Å². The summed E-state index contributed by atoms with van der Waals surface area (Å²) in [4.78, 5) is 5.93. The molecule has 0 aliphatic carbocycles. The normalized spacial score (nSPS) is 11.7. The first kappa shape index (κ1) is 13.5. The molecule has 0 atom stereocenters. The number of rotatable bonds is 2. The van der Waals surface area contributed by atoms with Crippen molar-refractivity contribution in [1.82, 2.24) is 9.55 Å². The lowest BCUT2D eigenvalue weighted by Gasteiger charge is -2.13. The predicted molar refractivity (Wildman–Crippen MR) is 87.6 cm³/mol. The highest BCUT2D eigenvalue weighted by Gasteiger charge is 2.19. The lowest BCUT2D eigenvalue weighted by atomic mass is 10.2. The van der Waals surface area contributed by atoms with Crippen molar-refractivity contribution < 1.29 is 0 Å². The van der Waals surface area contributed by atoms with Crippen LogP contribution < -0.4 is 5.73 Å². The molecule has 0 radical (unpaired) electrons. The Morgan fingerprint density at radius 2 is 2.10 bits per heavy atom. The molecule has 0 saturated carbocycles. The van der Waals surface area contributed by atoms with E-state index in [1.807, 2.05) is 18.2 Å². The number of anilines is 1. The van der Waals surface area contributed by atoms with E-state index in [1.54, 1.807) is 11.3 Å². The Morgan fingerprint density at radius 3 is 2.70 bits per heavy atom. The van der Waals surface area contributed by atoms with Crippen LogP contribution >= 0.6 is 22.9 Å². The molecule has 0 bridgehead atoms. The summed E-state index contributed by atoms with van der Waals surface area (Å²) < 4.78 is 2.16. The molecule has 20 heavy (non-hydrogen) atoms. The molecular formula is C15H16ClN3S. The maximum atomic E-state index is 6.36. The number of aryl methyl sites for hydroxylation is 1. The summed E-state index contributed by atoms with van der Waals surface area (Å²) in [6, 6.07) is 8.16. The van der Waals surface area contributed by atoms with Gasteiger partial charge in [-0.2, -0.15) is 0 Å². The SMILES string of the molecule is Cc1cc(-c2nc3cccc(Cl)c3n2C(C)C)c(N)s1. The van der Waals surface area contributed by atoms with Gasteiger partial charge < -0.3 is 10.3 Å². The number of nitrogen functional groups attached to an aromatic ring is 1. The first-order valence-electron chi connectivity index (χ1n) is 6.51. The molecule has 5 heteroatoms. The number of benzene rings is 1. The molecule has 2 heterocycles. The number of thiophene rings is 1. The highest BCUT2D eigenvalue weighted by molar-refractivity contribution is 7.16. The van der Waals surface area contributed by atoms with Gasteiger partial charge in [0.1, 0.15) is 5.82 Å². The molecule has 0 amide bonds. The number of para-hydroxylation sites is 1. The minimum absolute atomic E-state index is 0.259. The van der Waals surface area contributed by atoms with E-state index in [0.717, 1.165) is 32.4 Å². The number of hydrogen-bond acceptors (Lipinski definition) is 3. The second-order valence-electron chi connectivity index (χ2n) is 5.14. The second kappa shape index (κ2) is 4.79. The Bertz CT molecular complexity index is 786. The fraction of sp³-hybridized carbons (Fsp3) is 0.267. The average Bonchev–Trinajstić information content (AvgIpc) is 2.90. The second-order valence-corrected chi connectivity index (χ2v) is 6.84. The highest BCUT2D eigenvalue weighted by atomic mass is 35.5. The molecule has 2 N–H and O–H groups in total. The number of nitrogens with zero attached hydrogens (tertiary/aromatic N) is 2. The average molecular weight is 306 g/mol. The van der Waals surface area contributed by atoms with Gasteiger partial charge in [-0.1, -0.05) is 17.7 Å². The minimum atomic E-state index is 0.259. The number of aromatic nitrogens is 2. The van der Waals surface area contributed by atoms with Crippen molar-refractivity contribution in [2.45, 2.75) is 26.8 Å². The van der Waals surface area contributed by atoms with E-state index >= 15 is 0 Å². The third-order valence-corrected chi connectivity index (χ3v) is 4.49. The smallest absolute Gasteiger partial charge is 0.144 e. The van der Waals surface area contributed by atoms with Crippen LogP contribution in [0.15, 0.2) is 24.3 Å². The van der Waals surface area contributed by atoms with Gasteiger partial charge >= 0.3 is 0 Å². The third kappa shape index (κ3) is 2.00. The van der Waals surface area contributed by atoms with E-state index in [2.05, 4.69) is 31.4 Å². The molecule has 0 fully saturated rings. The van der Waals surface area contributed by atoms with Gasteiger partial charge in [0.2, 0.25) is 0 Å². The number of nitrogens with two attached hydrogens (primary N) is 1. The minimum Gasteiger partial charge on any atom is -0.390 e. The number of fused-ring (bicyclic) bond motifs is 1. The lowest BCUT2D eigenvalue weighted by molar-refractivity contribution is 0.624. The first-order valence-corrected chi connectivity index (χ1v) is 7.71. The Balaban J connectivity index is 2.39. The summed E-state index contributed by atoms with van der Waals surface area (Å²) in [5.74, 6) is 0.893. The zero-order valence-corrected chi connectivity index (χ0v) is 13.2. The van der Waals surface area contributed by atoms with Crippen LogP contribution in [-0.2, 0) is 0 Å². The van der Waals surface area contributed by atoms with Crippen LogP contribution in [0.5, 0.6) is 0 Å². The highest BCUT2D eigenvalue weighted by Crippen LogP contribution is 2.37.